The molecule has 2 rings (SSSR count). The Morgan fingerprint density at radius 1 is 1.05 bits per heavy atom. The molecule has 20 heavy (non-hydrogen) atoms. The Kier molecular flexibility index (Phi) is 4.00. The molecule has 0 bridgehead atoms. The standard InChI is InChI=1S/C16H15ClO3/c1-9-6-12(16(18)19)4-5-14(9)20-13-7-10(2)15(17)11(3)8-13/h4-8H,1-3H3,(H,18,19). The number of hydrogen-bond donors (Lipinski definition) is 1. The summed E-state index contributed by atoms with van der Waals surface area (Å²) in [5, 5.41) is 9.67. The number of benzene rings is 2. The van der Waals surface area contributed by atoms with Crippen LogP contribution in [0.1, 0.15) is 27.0 Å². The topological polar surface area (TPSA) is 46.5 Å². The van der Waals surface area contributed by atoms with E-state index in [1.165, 1.54) is 6.07 Å². The van der Waals surface area contributed by atoms with Crippen LogP contribution in [0.25, 0.3) is 0 Å². The minimum absolute atomic E-state index is 0.248. The van der Waals surface area contributed by atoms with Crippen molar-refractivity contribution in [2.24, 2.45) is 0 Å². The van der Waals surface area contributed by atoms with Gasteiger partial charge in [0.2, 0.25) is 0 Å². The summed E-state index contributed by atoms with van der Waals surface area (Å²) in [5.41, 5.74) is 2.91. The minimum Gasteiger partial charge on any atom is -0.478 e. The highest BCUT2D eigenvalue weighted by Gasteiger charge is 2.09. The molecule has 0 aliphatic rings. The molecule has 0 aromatic heterocycles. The third-order valence-electron chi connectivity index (χ3n) is 3.06. The van der Waals surface area contributed by atoms with Gasteiger partial charge in [0, 0.05) is 5.02 Å². The van der Waals surface area contributed by atoms with Crippen molar-refractivity contribution in [1.29, 1.82) is 0 Å². The van der Waals surface area contributed by atoms with Crippen molar-refractivity contribution in [3.8, 4) is 11.5 Å². The maximum absolute atomic E-state index is 10.9. The second-order valence-corrected chi connectivity index (χ2v) is 5.14. The van der Waals surface area contributed by atoms with Gasteiger partial charge in [0.25, 0.3) is 0 Å². The number of ether oxygens (including phenoxy) is 1. The number of hydrogen-bond acceptors (Lipinski definition) is 2. The smallest absolute Gasteiger partial charge is 0.335 e. The molecule has 104 valence electrons. The van der Waals surface area contributed by atoms with E-state index in [1.807, 2.05) is 32.9 Å². The molecule has 1 N–H and O–H groups in total. The van der Waals surface area contributed by atoms with E-state index in [2.05, 4.69) is 0 Å². The summed E-state index contributed by atoms with van der Waals surface area (Å²) in [6, 6.07) is 8.51. The number of carboxylic acid groups (broad SMARTS) is 1. The monoisotopic (exact) mass is 290 g/mol. The van der Waals surface area contributed by atoms with Crippen LogP contribution in [0.3, 0.4) is 0 Å². The Hall–Kier alpha value is -2.00. The highest BCUT2D eigenvalue weighted by molar-refractivity contribution is 6.32. The van der Waals surface area contributed by atoms with Crippen LogP contribution >= 0.6 is 11.6 Å². The zero-order chi connectivity index (χ0) is 14.9. The molecule has 0 spiro atoms. The van der Waals surface area contributed by atoms with E-state index in [1.54, 1.807) is 12.1 Å². The lowest BCUT2D eigenvalue weighted by molar-refractivity contribution is 0.0697. The first-order chi connectivity index (χ1) is 9.38. The quantitative estimate of drug-likeness (QED) is 0.887. The van der Waals surface area contributed by atoms with Crippen molar-refractivity contribution in [1.82, 2.24) is 0 Å². The van der Waals surface area contributed by atoms with E-state index in [-0.39, 0.29) is 5.56 Å². The average Bonchev–Trinajstić information content (AvgIpc) is 2.38. The number of rotatable bonds is 3. The van der Waals surface area contributed by atoms with E-state index >= 15 is 0 Å². The van der Waals surface area contributed by atoms with E-state index in [0.717, 1.165) is 21.7 Å². The molecule has 2 aromatic rings. The number of carboxylic acids is 1. The summed E-state index contributed by atoms with van der Waals surface area (Å²) in [4.78, 5) is 10.9. The molecule has 0 heterocycles. The number of aryl methyl sites for hydroxylation is 3. The van der Waals surface area contributed by atoms with Gasteiger partial charge in [0.05, 0.1) is 5.56 Å². The van der Waals surface area contributed by atoms with Gasteiger partial charge in [0.15, 0.2) is 0 Å². The third kappa shape index (κ3) is 2.94. The van der Waals surface area contributed by atoms with Crippen LogP contribution in [0, 0.1) is 20.8 Å². The highest BCUT2D eigenvalue weighted by atomic mass is 35.5. The average molecular weight is 291 g/mol. The molecule has 0 radical (unpaired) electrons. The minimum atomic E-state index is -0.946. The molecule has 0 unspecified atom stereocenters. The van der Waals surface area contributed by atoms with Crippen molar-refractivity contribution in [3.63, 3.8) is 0 Å². The zero-order valence-electron chi connectivity index (χ0n) is 11.5. The highest BCUT2D eigenvalue weighted by Crippen LogP contribution is 2.30. The Balaban J connectivity index is 2.33. The van der Waals surface area contributed by atoms with Crippen molar-refractivity contribution in [2.75, 3.05) is 0 Å². The van der Waals surface area contributed by atoms with Gasteiger partial charge in [-0.25, -0.2) is 4.79 Å². The Morgan fingerprint density at radius 3 is 2.15 bits per heavy atom. The van der Waals surface area contributed by atoms with E-state index < -0.39 is 5.97 Å². The van der Waals surface area contributed by atoms with Crippen LogP contribution in [0.4, 0.5) is 0 Å². The number of aromatic carboxylic acids is 1. The van der Waals surface area contributed by atoms with Crippen molar-refractivity contribution in [3.05, 3.63) is 57.6 Å². The normalized spacial score (nSPS) is 10.4. The maximum Gasteiger partial charge on any atom is 0.335 e. The number of halogens is 1. The third-order valence-corrected chi connectivity index (χ3v) is 3.66. The Morgan fingerprint density at radius 2 is 1.65 bits per heavy atom. The lowest BCUT2D eigenvalue weighted by Gasteiger charge is -2.12. The molecule has 0 saturated heterocycles. The second-order valence-electron chi connectivity index (χ2n) is 4.76. The molecule has 2 aromatic carbocycles. The van der Waals surface area contributed by atoms with Gasteiger partial charge in [-0.05, 0) is 67.8 Å². The molecule has 0 aliphatic carbocycles. The van der Waals surface area contributed by atoms with E-state index in [9.17, 15) is 4.79 Å². The Bertz CT molecular complexity index is 654. The second kappa shape index (κ2) is 5.55. The predicted octanol–water partition coefficient (Wildman–Crippen LogP) is 4.76. The molecule has 3 nitrogen and oxygen atoms in total. The zero-order valence-corrected chi connectivity index (χ0v) is 12.3. The lowest BCUT2D eigenvalue weighted by atomic mass is 10.1. The van der Waals surface area contributed by atoms with Crippen LogP contribution in [0.5, 0.6) is 11.5 Å². The van der Waals surface area contributed by atoms with E-state index in [4.69, 9.17) is 21.4 Å². The van der Waals surface area contributed by atoms with Crippen LogP contribution in [0.15, 0.2) is 30.3 Å². The molecule has 0 fully saturated rings. The van der Waals surface area contributed by atoms with Crippen LogP contribution in [-0.2, 0) is 0 Å². The fourth-order valence-electron chi connectivity index (χ4n) is 1.99. The summed E-state index contributed by atoms with van der Waals surface area (Å²) >= 11 is 6.12. The fraction of sp³-hybridized carbons (Fsp3) is 0.188. The first-order valence-electron chi connectivity index (χ1n) is 6.17. The summed E-state index contributed by atoms with van der Waals surface area (Å²) in [5.74, 6) is 0.379. The first kappa shape index (κ1) is 14.4. The van der Waals surface area contributed by atoms with Crippen molar-refractivity contribution < 1.29 is 14.6 Å². The van der Waals surface area contributed by atoms with Gasteiger partial charge in [-0.2, -0.15) is 0 Å². The van der Waals surface area contributed by atoms with Crippen LogP contribution in [0.2, 0.25) is 5.02 Å². The maximum atomic E-state index is 10.9. The largest absolute Gasteiger partial charge is 0.478 e. The number of carbonyl (C=O) groups is 1. The first-order valence-corrected chi connectivity index (χ1v) is 6.55. The summed E-state index contributed by atoms with van der Waals surface area (Å²) in [7, 11) is 0. The van der Waals surface area contributed by atoms with Crippen molar-refractivity contribution in [2.45, 2.75) is 20.8 Å². The van der Waals surface area contributed by atoms with Gasteiger partial charge in [0.1, 0.15) is 11.5 Å². The fourth-order valence-corrected chi connectivity index (χ4v) is 2.10. The molecule has 0 aliphatic heterocycles. The van der Waals surface area contributed by atoms with Crippen LogP contribution in [-0.4, -0.2) is 11.1 Å². The Labute approximate surface area is 122 Å². The van der Waals surface area contributed by atoms with Crippen molar-refractivity contribution >= 4 is 17.6 Å². The molecular weight excluding hydrogens is 276 g/mol. The summed E-state index contributed by atoms with van der Waals surface area (Å²) in [6.07, 6.45) is 0. The SMILES string of the molecule is Cc1cc(C(=O)O)ccc1Oc1cc(C)c(Cl)c(C)c1. The van der Waals surface area contributed by atoms with E-state index in [0.29, 0.717) is 11.5 Å². The van der Waals surface area contributed by atoms with Gasteiger partial charge < -0.3 is 9.84 Å². The lowest BCUT2D eigenvalue weighted by Crippen LogP contribution is -1.97. The summed E-state index contributed by atoms with van der Waals surface area (Å²) < 4.78 is 5.81. The predicted molar refractivity (Wildman–Crippen MR) is 79.1 cm³/mol. The summed E-state index contributed by atoms with van der Waals surface area (Å²) in [6.45, 7) is 5.66. The van der Waals surface area contributed by atoms with Gasteiger partial charge in [-0.15, -0.1) is 0 Å². The molecule has 0 amide bonds. The molecule has 4 heteroatoms. The van der Waals surface area contributed by atoms with Gasteiger partial charge >= 0.3 is 5.97 Å². The van der Waals surface area contributed by atoms with Gasteiger partial charge in [-0.3, -0.25) is 0 Å². The van der Waals surface area contributed by atoms with Gasteiger partial charge in [-0.1, -0.05) is 11.6 Å². The molecular formula is C16H15ClO3. The van der Waals surface area contributed by atoms with Crippen LogP contribution < -0.4 is 4.74 Å². The molecule has 0 saturated carbocycles. The molecule has 0 atom stereocenters.